The first-order valence-electron chi connectivity index (χ1n) is 7.75. The molecule has 1 aromatic heterocycles. The highest BCUT2D eigenvalue weighted by molar-refractivity contribution is 5.76. The third-order valence-corrected chi connectivity index (χ3v) is 3.57. The van der Waals surface area contributed by atoms with Gasteiger partial charge in [-0.2, -0.15) is 0 Å². The molecular weight excluding hydrogens is 270 g/mol. The molecule has 0 radical (unpaired) electrons. The van der Waals surface area contributed by atoms with Gasteiger partial charge >= 0.3 is 0 Å². The SMILES string of the molecule is Cc1nnc(C(CC(C)C)NC(=O)CC2CCCCO2)o1. The number of amides is 1. The predicted molar refractivity (Wildman–Crippen MR) is 77.6 cm³/mol. The maximum atomic E-state index is 12.2. The standard InChI is InChI=1S/C15H25N3O3/c1-10(2)8-13(15-18-17-11(3)21-15)16-14(19)9-12-6-4-5-7-20-12/h10,12-13H,4-9H2,1-3H3,(H,16,19). The van der Waals surface area contributed by atoms with Crippen molar-refractivity contribution in [2.45, 2.75) is 65.0 Å². The van der Waals surface area contributed by atoms with Crippen LogP contribution in [0.25, 0.3) is 0 Å². The van der Waals surface area contributed by atoms with E-state index in [4.69, 9.17) is 9.15 Å². The molecule has 2 rings (SSSR count). The van der Waals surface area contributed by atoms with E-state index in [0.717, 1.165) is 32.3 Å². The predicted octanol–water partition coefficient (Wildman–Crippen LogP) is 2.54. The van der Waals surface area contributed by atoms with Crippen molar-refractivity contribution in [3.63, 3.8) is 0 Å². The fourth-order valence-electron chi connectivity index (χ4n) is 2.57. The molecule has 21 heavy (non-hydrogen) atoms. The van der Waals surface area contributed by atoms with Crippen LogP contribution in [0.5, 0.6) is 0 Å². The van der Waals surface area contributed by atoms with Gasteiger partial charge in [-0.05, 0) is 31.6 Å². The van der Waals surface area contributed by atoms with Gasteiger partial charge < -0.3 is 14.5 Å². The van der Waals surface area contributed by atoms with E-state index in [-0.39, 0.29) is 18.1 Å². The van der Waals surface area contributed by atoms with Gasteiger partial charge in [0.2, 0.25) is 17.7 Å². The Kier molecular flexibility index (Phi) is 5.73. The lowest BCUT2D eigenvalue weighted by Crippen LogP contribution is -2.34. The van der Waals surface area contributed by atoms with Crippen LogP contribution in [0.1, 0.15) is 63.8 Å². The van der Waals surface area contributed by atoms with Crippen molar-refractivity contribution >= 4 is 5.91 Å². The summed E-state index contributed by atoms with van der Waals surface area (Å²) in [5, 5.41) is 10.9. The fraction of sp³-hybridized carbons (Fsp3) is 0.800. The van der Waals surface area contributed by atoms with Crippen molar-refractivity contribution in [1.29, 1.82) is 0 Å². The molecule has 0 saturated carbocycles. The third-order valence-electron chi connectivity index (χ3n) is 3.57. The van der Waals surface area contributed by atoms with Gasteiger partial charge in [0.05, 0.1) is 12.5 Å². The molecule has 1 saturated heterocycles. The first-order chi connectivity index (χ1) is 10.0. The minimum Gasteiger partial charge on any atom is -0.423 e. The molecule has 6 heteroatoms. The van der Waals surface area contributed by atoms with Crippen LogP contribution in [-0.2, 0) is 9.53 Å². The molecule has 6 nitrogen and oxygen atoms in total. The number of aromatic nitrogens is 2. The summed E-state index contributed by atoms with van der Waals surface area (Å²) in [5.41, 5.74) is 0. The minimum absolute atomic E-state index is 0.0107. The first-order valence-corrected chi connectivity index (χ1v) is 7.75. The number of ether oxygens (including phenoxy) is 1. The largest absolute Gasteiger partial charge is 0.423 e. The van der Waals surface area contributed by atoms with Gasteiger partial charge in [0.15, 0.2) is 0 Å². The Hall–Kier alpha value is -1.43. The number of carbonyl (C=O) groups excluding carboxylic acids is 1. The van der Waals surface area contributed by atoms with Gasteiger partial charge in [0.25, 0.3) is 0 Å². The molecule has 1 N–H and O–H groups in total. The summed E-state index contributed by atoms with van der Waals surface area (Å²) < 4.78 is 11.1. The van der Waals surface area contributed by atoms with Gasteiger partial charge in [0.1, 0.15) is 6.04 Å². The Morgan fingerprint density at radius 1 is 1.38 bits per heavy atom. The van der Waals surface area contributed by atoms with Gasteiger partial charge in [0, 0.05) is 13.5 Å². The molecule has 0 bridgehead atoms. The van der Waals surface area contributed by atoms with Crippen LogP contribution in [-0.4, -0.2) is 28.8 Å². The van der Waals surface area contributed by atoms with Crippen molar-refractivity contribution in [2.24, 2.45) is 5.92 Å². The Labute approximate surface area is 125 Å². The Balaban J connectivity index is 1.92. The van der Waals surface area contributed by atoms with E-state index < -0.39 is 0 Å². The number of nitrogens with zero attached hydrogens (tertiary/aromatic N) is 2. The Morgan fingerprint density at radius 3 is 2.76 bits per heavy atom. The van der Waals surface area contributed by atoms with E-state index >= 15 is 0 Å². The highest BCUT2D eigenvalue weighted by atomic mass is 16.5. The van der Waals surface area contributed by atoms with E-state index in [1.807, 2.05) is 0 Å². The molecule has 1 aliphatic rings. The molecule has 0 spiro atoms. The van der Waals surface area contributed by atoms with E-state index in [2.05, 4.69) is 29.4 Å². The molecule has 2 unspecified atom stereocenters. The van der Waals surface area contributed by atoms with Gasteiger partial charge in [-0.15, -0.1) is 10.2 Å². The van der Waals surface area contributed by atoms with Crippen LogP contribution >= 0.6 is 0 Å². The van der Waals surface area contributed by atoms with Crippen molar-refractivity contribution < 1.29 is 13.9 Å². The zero-order valence-corrected chi connectivity index (χ0v) is 13.1. The molecule has 2 atom stereocenters. The zero-order valence-electron chi connectivity index (χ0n) is 13.1. The maximum Gasteiger partial charge on any atom is 0.238 e. The van der Waals surface area contributed by atoms with Crippen LogP contribution in [0.15, 0.2) is 4.42 Å². The van der Waals surface area contributed by atoms with E-state index in [1.54, 1.807) is 6.92 Å². The van der Waals surface area contributed by atoms with Crippen LogP contribution in [0.4, 0.5) is 0 Å². The Bertz CT molecular complexity index is 453. The lowest BCUT2D eigenvalue weighted by Gasteiger charge is -2.23. The minimum atomic E-state index is -0.220. The first kappa shape index (κ1) is 15.9. The monoisotopic (exact) mass is 295 g/mol. The van der Waals surface area contributed by atoms with Crippen LogP contribution in [0, 0.1) is 12.8 Å². The molecule has 0 aliphatic carbocycles. The van der Waals surface area contributed by atoms with Crippen molar-refractivity contribution in [1.82, 2.24) is 15.5 Å². The second-order valence-corrected chi connectivity index (χ2v) is 6.10. The van der Waals surface area contributed by atoms with Crippen molar-refractivity contribution in [3.05, 3.63) is 11.8 Å². The zero-order chi connectivity index (χ0) is 15.2. The topological polar surface area (TPSA) is 77.2 Å². The summed E-state index contributed by atoms with van der Waals surface area (Å²) in [6.07, 6.45) is 4.41. The molecule has 1 aliphatic heterocycles. The number of rotatable bonds is 6. The number of carbonyl (C=O) groups is 1. The molecule has 1 aromatic rings. The molecule has 2 heterocycles. The van der Waals surface area contributed by atoms with Gasteiger partial charge in [-0.1, -0.05) is 13.8 Å². The molecule has 118 valence electrons. The summed E-state index contributed by atoms with van der Waals surface area (Å²) in [6, 6.07) is -0.220. The summed E-state index contributed by atoms with van der Waals surface area (Å²) >= 11 is 0. The number of hydrogen-bond acceptors (Lipinski definition) is 5. The summed E-state index contributed by atoms with van der Waals surface area (Å²) in [7, 11) is 0. The Morgan fingerprint density at radius 2 is 2.19 bits per heavy atom. The molecule has 1 amide bonds. The van der Waals surface area contributed by atoms with Crippen LogP contribution in [0.2, 0.25) is 0 Å². The fourth-order valence-corrected chi connectivity index (χ4v) is 2.57. The molecule has 1 fully saturated rings. The van der Waals surface area contributed by atoms with Crippen LogP contribution < -0.4 is 5.32 Å². The summed E-state index contributed by atoms with van der Waals surface area (Å²) in [6.45, 7) is 6.72. The van der Waals surface area contributed by atoms with Crippen molar-refractivity contribution in [2.75, 3.05) is 6.61 Å². The number of nitrogens with one attached hydrogen (secondary N) is 1. The van der Waals surface area contributed by atoms with E-state index in [1.165, 1.54) is 0 Å². The summed E-state index contributed by atoms with van der Waals surface area (Å²) in [5.74, 6) is 1.42. The van der Waals surface area contributed by atoms with E-state index in [9.17, 15) is 4.79 Å². The van der Waals surface area contributed by atoms with Crippen LogP contribution in [0.3, 0.4) is 0 Å². The second-order valence-electron chi connectivity index (χ2n) is 6.10. The van der Waals surface area contributed by atoms with Gasteiger partial charge in [-0.3, -0.25) is 4.79 Å². The smallest absolute Gasteiger partial charge is 0.238 e. The van der Waals surface area contributed by atoms with Crippen molar-refractivity contribution in [3.8, 4) is 0 Å². The lowest BCUT2D eigenvalue weighted by atomic mass is 10.0. The lowest BCUT2D eigenvalue weighted by molar-refractivity contribution is -0.125. The average molecular weight is 295 g/mol. The second kappa shape index (κ2) is 7.54. The number of hydrogen-bond donors (Lipinski definition) is 1. The third kappa shape index (κ3) is 5.12. The molecular formula is C15H25N3O3. The highest BCUT2D eigenvalue weighted by Crippen LogP contribution is 2.21. The molecule has 0 aromatic carbocycles. The maximum absolute atomic E-state index is 12.2. The highest BCUT2D eigenvalue weighted by Gasteiger charge is 2.24. The quantitative estimate of drug-likeness (QED) is 0.872. The van der Waals surface area contributed by atoms with E-state index in [0.29, 0.717) is 24.1 Å². The van der Waals surface area contributed by atoms with Gasteiger partial charge in [-0.25, -0.2) is 0 Å². The summed E-state index contributed by atoms with van der Waals surface area (Å²) in [4.78, 5) is 12.2. The normalized spacial score (nSPS) is 20.5. The number of aryl methyl sites for hydroxylation is 1. The average Bonchev–Trinajstić information content (AvgIpc) is 2.85.